The van der Waals surface area contributed by atoms with Gasteiger partial charge in [-0.3, -0.25) is 0 Å². The van der Waals surface area contributed by atoms with Gasteiger partial charge in [0.25, 0.3) is 0 Å². The largest absolute Gasteiger partial charge is 0.308 e. The third kappa shape index (κ3) is 5.57. The Labute approximate surface area is 87.7 Å². The van der Waals surface area contributed by atoms with Crippen molar-refractivity contribution >= 4 is 10.0 Å². The maximum atomic E-state index is 11.4. The Bertz CT molecular complexity index is 248. The molecule has 0 spiro atoms. The standard InChI is InChI=1S/C9H22N2O2S/c1-6-14(12,13)10-9(8(2)3)7-11(4)5/h8-10H,6-7H2,1-5H3. The van der Waals surface area contributed by atoms with Crippen molar-refractivity contribution in [1.82, 2.24) is 9.62 Å². The molecule has 0 radical (unpaired) electrons. The number of nitrogens with one attached hydrogen (secondary N) is 1. The van der Waals surface area contributed by atoms with Crippen molar-refractivity contribution in [3.05, 3.63) is 0 Å². The molecule has 0 aromatic heterocycles. The number of hydrogen-bond donors (Lipinski definition) is 1. The molecule has 0 aliphatic rings. The van der Waals surface area contributed by atoms with Crippen molar-refractivity contribution in [2.45, 2.75) is 26.8 Å². The summed E-state index contributed by atoms with van der Waals surface area (Å²) < 4.78 is 25.4. The van der Waals surface area contributed by atoms with Gasteiger partial charge in [-0.15, -0.1) is 0 Å². The number of nitrogens with zero attached hydrogens (tertiary/aromatic N) is 1. The van der Waals surface area contributed by atoms with Crippen LogP contribution in [0.25, 0.3) is 0 Å². The Kier molecular flexibility index (Phi) is 5.63. The van der Waals surface area contributed by atoms with Crippen LogP contribution in [-0.2, 0) is 10.0 Å². The van der Waals surface area contributed by atoms with Gasteiger partial charge in [0.05, 0.1) is 5.75 Å². The van der Waals surface area contributed by atoms with E-state index in [1.807, 2.05) is 32.8 Å². The van der Waals surface area contributed by atoms with E-state index in [9.17, 15) is 8.42 Å². The predicted octanol–water partition coefficient (Wildman–Crippen LogP) is 0.512. The van der Waals surface area contributed by atoms with Crippen molar-refractivity contribution in [2.24, 2.45) is 5.92 Å². The average Bonchev–Trinajstić information content (AvgIpc) is 2.02. The van der Waals surface area contributed by atoms with E-state index in [1.54, 1.807) is 6.92 Å². The van der Waals surface area contributed by atoms with Crippen molar-refractivity contribution < 1.29 is 8.42 Å². The van der Waals surface area contributed by atoms with Crippen LogP contribution >= 0.6 is 0 Å². The zero-order chi connectivity index (χ0) is 11.4. The number of sulfonamides is 1. The molecule has 0 rings (SSSR count). The van der Waals surface area contributed by atoms with Gasteiger partial charge >= 0.3 is 0 Å². The van der Waals surface area contributed by atoms with E-state index in [0.29, 0.717) is 5.92 Å². The lowest BCUT2D eigenvalue weighted by Crippen LogP contribution is -2.45. The highest BCUT2D eigenvalue weighted by molar-refractivity contribution is 7.89. The van der Waals surface area contributed by atoms with Crippen molar-refractivity contribution in [1.29, 1.82) is 0 Å². The van der Waals surface area contributed by atoms with Crippen molar-refractivity contribution in [2.75, 3.05) is 26.4 Å². The molecular formula is C9H22N2O2S. The molecule has 0 aliphatic heterocycles. The lowest BCUT2D eigenvalue weighted by Gasteiger charge is -2.25. The van der Waals surface area contributed by atoms with Gasteiger partial charge in [0.2, 0.25) is 10.0 Å². The summed E-state index contributed by atoms with van der Waals surface area (Å²) in [5.41, 5.74) is 0. The maximum Gasteiger partial charge on any atom is 0.211 e. The first-order valence-corrected chi connectivity index (χ1v) is 6.58. The Morgan fingerprint density at radius 3 is 2.07 bits per heavy atom. The minimum atomic E-state index is -3.09. The Hall–Kier alpha value is -0.130. The molecule has 0 fully saturated rings. The third-order valence-corrected chi connectivity index (χ3v) is 3.50. The number of hydrogen-bond acceptors (Lipinski definition) is 3. The summed E-state index contributed by atoms with van der Waals surface area (Å²) in [7, 11) is 0.794. The van der Waals surface area contributed by atoms with Gasteiger partial charge in [0.1, 0.15) is 0 Å². The highest BCUT2D eigenvalue weighted by atomic mass is 32.2. The van der Waals surface area contributed by atoms with Crippen LogP contribution in [0.5, 0.6) is 0 Å². The van der Waals surface area contributed by atoms with Crippen LogP contribution in [0.1, 0.15) is 20.8 Å². The molecule has 0 bridgehead atoms. The van der Waals surface area contributed by atoms with Crippen LogP contribution < -0.4 is 4.72 Å². The molecular weight excluding hydrogens is 200 g/mol. The molecule has 86 valence electrons. The van der Waals surface area contributed by atoms with E-state index < -0.39 is 10.0 Å². The first kappa shape index (κ1) is 13.9. The van der Waals surface area contributed by atoms with Crippen LogP contribution in [0.3, 0.4) is 0 Å². The van der Waals surface area contributed by atoms with E-state index in [-0.39, 0.29) is 11.8 Å². The molecule has 1 unspecified atom stereocenters. The zero-order valence-electron chi connectivity index (χ0n) is 9.74. The van der Waals surface area contributed by atoms with Gasteiger partial charge in [0, 0.05) is 12.6 Å². The molecule has 5 heteroatoms. The summed E-state index contributed by atoms with van der Waals surface area (Å²) in [5, 5.41) is 0. The molecule has 4 nitrogen and oxygen atoms in total. The van der Waals surface area contributed by atoms with E-state index in [1.165, 1.54) is 0 Å². The molecule has 0 amide bonds. The second-order valence-corrected chi connectivity index (χ2v) is 6.18. The van der Waals surface area contributed by atoms with Gasteiger partial charge in [-0.1, -0.05) is 13.8 Å². The van der Waals surface area contributed by atoms with E-state index in [2.05, 4.69) is 4.72 Å². The van der Waals surface area contributed by atoms with Crippen LogP contribution in [0.4, 0.5) is 0 Å². The summed E-state index contributed by atoms with van der Waals surface area (Å²) in [4.78, 5) is 1.99. The Morgan fingerprint density at radius 1 is 1.29 bits per heavy atom. The van der Waals surface area contributed by atoms with E-state index in [4.69, 9.17) is 0 Å². The molecule has 0 saturated heterocycles. The Balaban J connectivity index is 4.38. The highest BCUT2D eigenvalue weighted by Gasteiger charge is 2.19. The number of likely N-dealkylation sites (N-methyl/N-ethyl adjacent to an activating group) is 1. The van der Waals surface area contributed by atoms with Gasteiger partial charge in [-0.2, -0.15) is 0 Å². The average molecular weight is 222 g/mol. The van der Waals surface area contributed by atoms with Crippen molar-refractivity contribution in [3.63, 3.8) is 0 Å². The van der Waals surface area contributed by atoms with Gasteiger partial charge in [-0.05, 0) is 26.9 Å². The monoisotopic (exact) mass is 222 g/mol. The lowest BCUT2D eigenvalue weighted by atomic mass is 10.1. The summed E-state index contributed by atoms with van der Waals surface area (Å²) >= 11 is 0. The summed E-state index contributed by atoms with van der Waals surface area (Å²) in [6.45, 7) is 6.42. The molecule has 1 N–H and O–H groups in total. The van der Waals surface area contributed by atoms with E-state index >= 15 is 0 Å². The highest BCUT2D eigenvalue weighted by Crippen LogP contribution is 2.04. The van der Waals surface area contributed by atoms with E-state index in [0.717, 1.165) is 6.54 Å². The fourth-order valence-electron chi connectivity index (χ4n) is 1.09. The van der Waals surface area contributed by atoms with Crippen molar-refractivity contribution in [3.8, 4) is 0 Å². The van der Waals surface area contributed by atoms with Gasteiger partial charge in [0.15, 0.2) is 0 Å². The third-order valence-electron chi connectivity index (χ3n) is 2.08. The lowest BCUT2D eigenvalue weighted by molar-refractivity contribution is 0.314. The molecule has 14 heavy (non-hydrogen) atoms. The minimum absolute atomic E-state index is 0.00468. The Morgan fingerprint density at radius 2 is 1.79 bits per heavy atom. The molecule has 0 aromatic rings. The van der Waals surface area contributed by atoms with Crippen LogP contribution in [-0.4, -0.2) is 45.8 Å². The molecule has 0 aromatic carbocycles. The molecule has 1 atom stereocenters. The normalized spacial score (nSPS) is 15.1. The van der Waals surface area contributed by atoms with Gasteiger partial charge < -0.3 is 4.90 Å². The summed E-state index contributed by atoms with van der Waals surface area (Å²) in [6.07, 6.45) is 0. The molecule has 0 saturated carbocycles. The molecule has 0 aliphatic carbocycles. The summed E-state index contributed by atoms with van der Waals surface area (Å²) in [6, 6.07) is -0.00468. The second-order valence-electron chi connectivity index (χ2n) is 4.13. The molecule has 0 heterocycles. The topological polar surface area (TPSA) is 49.4 Å². The smallest absolute Gasteiger partial charge is 0.211 e. The fourth-order valence-corrected chi connectivity index (χ4v) is 2.07. The summed E-state index contributed by atoms with van der Waals surface area (Å²) in [5.74, 6) is 0.447. The van der Waals surface area contributed by atoms with Crippen LogP contribution in [0, 0.1) is 5.92 Å². The predicted molar refractivity (Wildman–Crippen MR) is 59.8 cm³/mol. The second kappa shape index (κ2) is 5.68. The zero-order valence-corrected chi connectivity index (χ0v) is 10.6. The quantitative estimate of drug-likeness (QED) is 0.712. The van der Waals surface area contributed by atoms with Crippen LogP contribution in [0.15, 0.2) is 0 Å². The SMILES string of the molecule is CCS(=O)(=O)NC(CN(C)C)C(C)C. The fraction of sp³-hybridized carbons (Fsp3) is 1.00. The van der Waals surface area contributed by atoms with Crippen LogP contribution in [0.2, 0.25) is 0 Å². The number of rotatable bonds is 6. The minimum Gasteiger partial charge on any atom is -0.308 e. The van der Waals surface area contributed by atoms with Gasteiger partial charge in [-0.25, -0.2) is 13.1 Å². The maximum absolute atomic E-state index is 11.4. The first-order chi connectivity index (χ1) is 6.28. The first-order valence-electron chi connectivity index (χ1n) is 4.93.